The van der Waals surface area contributed by atoms with E-state index in [1.807, 2.05) is 12.1 Å². The molecule has 0 aliphatic heterocycles. The lowest BCUT2D eigenvalue weighted by molar-refractivity contribution is -0.117. The first-order valence-electron chi connectivity index (χ1n) is 6.11. The fourth-order valence-electron chi connectivity index (χ4n) is 1.72. The van der Waals surface area contributed by atoms with Gasteiger partial charge in [0.05, 0.1) is 0 Å². The molecule has 0 aromatic heterocycles. The summed E-state index contributed by atoms with van der Waals surface area (Å²) in [6.45, 7) is 4.41. The zero-order chi connectivity index (χ0) is 11.5. The first kappa shape index (κ1) is 11.2. The van der Waals surface area contributed by atoms with Gasteiger partial charge in [0.1, 0.15) is 0 Å². The summed E-state index contributed by atoms with van der Waals surface area (Å²) in [6.07, 6.45) is 3.25. The summed E-state index contributed by atoms with van der Waals surface area (Å²) in [5.41, 5.74) is 2.26. The Hall–Kier alpha value is -1.31. The number of benzene rings is 1. The van der Waals surface area contributed by atoms with Crippen molar-refractivity contribution >= 4 is 11.6 Å². The highest BCUT2D eigenvalue weighted by Gasteiger charge is 2.29. The van der Waals surface area contributed by atoms with Crippen LogP contribution in [0.4, 0.5) is 5.69 Å². The fourth-order valence-corrected chi connectivity index (χ4v) is 1.72. The number of anilines is 1. The van der Waals surface area contributed by atoms with Crippen LogP contribution in [0.15, 0.2) is 24.3 Å². The average molecular weight is 217 g/mol. The van der Waals surface area contributed by atoms with Gasteiger partial charge in [-0.1, -0.05) is 26.0 Å². The number of hydrogen-bond acceptors (Lipinski definition) is 1. The first-order chi connectivity index (χ1) is 7.70. The molecule has 0 bridgehead atoms. The van der Waals surface area contributed by atoms with E-state index in [0.29, 0.717) is 5.92 Å². The van der Waals surface area contributed by atoms with Gasteiger partial charge in [-0.3, -0.25) is 4.79 Å². The molecule has 1 atom stereocenters. The second kappa shape index (κ2) is 4.69. The number of nitrogens with one attached hydrogen (secondary N) is 1. The molecule has 1 saturated carbocycles. The molecule has 0 spiro atoms. The SMILES string of the molecule is CC[C@@H](C)c1ccc(NC(=O)C2CC2)cc1. The average Bonchev–Trinajstić information content (AvgIpc) is 3.13. The molecule has 1 N–H and O–H groups in total. The number of carbonyl (C=O) groups is 1. The van der Waals surface area contributed by atoms with E-state index in [0.717, 1.165) is 24.9 Å². The number of rotatable bonds is 4. The highest BCUT2D eigenvalue weighted by Crippen LogP contribution is 2.30. The summed E-state index contributed by atoms with van der Waals surface area (Å²) in [6, 6.07) is 8.22. The van der Waals surface area contributed by atoms with E-state index in [4.69, 9.17) is 0 Å². The van der Waals surface area contributed by atoms with E-state index in [1.54, 1.807) is 0 Å². The van der Waals surface area contributed by atoms with Gasteiger partial charge in [-0.05, 0) is 42.9 Å². The highest BCUT2D eigenvalue weighted by atomic mass is 16.2. The van der Waals surface area contributed by atoms with Crippen molar-refractivity contribution < 1.29 is 4.79 Å². The molecule has 2 heteroatoms. The molecule has 1 aromatic rings. The lowest BCUT2D eigenvalue weighted by Crippen LogP contribution is -2.13. The third kappa shape index (κ3) is 2.63. The smallest absolute Gasteiger partial charge is 0.227 e. The third-order valence-electron chi connectivity index (χ3n) is 3.31. The maximum atomic E-state index is 11.5. The van der Waals surface area contributed by atoms with Gasteiger partial charge in [-0.25, -0.2) is 0 Å². The molecule has 0 unspecified atom stereocenters. The predicted octanol–water partition coefficient (Wildman–Crippen LogP) is 3.55. The lowest BCUT2D eigenvalue weighted by Gasteiger charge is -2.10. The van der Waals surface area contributed by atoms with E-state index in [2.05, 4.69) is 31.3 Å². The summed E-state index contributed by atoms with van der Waals surface area (Å²) in [4.78, 5) is 11.5. The zero-order valence-electron chi connectivity index (χ0n) is 9.99. The maximum absolute atomic E-state index is 11.5. The van der Waals surface area contributed by atoms with Crippen molar-refractivity contribution in [2.24, 2.45) is 5.92 Å². The van der Waals surface area contributed by atoms with Crippen LogP contribution in [0.1, 0.15) is 44.6 Å². The predicted molar refractivity (Wildman–Crippen MR) is 66.5 cm³/mol. The van der Waals surface area contributed by atoms with Gasteiger partial charge in [-0.15, -0.1) is 0 Å². The Balaban J connectivity index is 1.98. The summed E-state index contributed by atoms with van der Waals surface area (Å²) >= 11 is 0. The van der Waals surface area contributed by atoms with E-state index >= 15 is 0 Å². The molecule has 16 heavy (non-hydrogen) atoms. The molecule has 86 valence electrons. The van der Waals surface area contributed by atoms with E-state index in [1.165, 1.54) is 5.56 Å². The molecule has 0 radical (unpaired) electrons. The van der Waals surface area contributed by atoms with E-state index in [9.17, 15) is 4.79 Å². The van der Waals surface area contributed by atoms with Crippen LogP contribution in [0.2, 0.25) is 0 Å². The zero-order valence-corrected chi connectivity index (χ0v) is 9.99. The summed E-state index contributed by atoms with van der Waals surface area (Å²) in [5.74, 6) is 1.04. The molecule has 1 fully saturated rings. The Kier molecular flexibility index (Phi) is 3.28. The van der Waals surface area contributed by atoms with E-state index in [-0.39, 0.29) is 11.8 Å². The molecule has 1 aliphatic carbocycles. The van der Waals surface area contributed by atoms with Gasteiger partial charge in [-0.2, -0.15) is 0 Å². The van der Waals surface area contributed by atoms with Gasteiger partial charge in [0.15, 0.2) is 0 Å². The van der Waals surface area contributed by atoms with Gasteiger partial charge in [0, 0.05) is 11.6 Å². The standard InChI is InChI=1S/C14H19NO/c1-3-10(2)11-6-8-13(9-7-11)15-14(16)12-4-5-12/h6-10,12H,3-5H2,1-2H3,(H,15,16)/t10-/m1/s1. The summed E-state index contributed by atoms with van der Waals surface area (Å²) in [5, 5.41) is 2.95. The van der Waals surface area contributed by atoms with Crippen molar-refractivity contribution in [3.63, 3.8) is 0 Å². The molecule has 0 saturated heterocycles. The normalized spacial score (nSPS) is 16.9. The topological polar surface area (TPSA) is 29.1 Å². The van der Waals surface area contributed by atoms with E-state index < -0.39 is 0 Å². The molecule has 1 aromatic carbocycles. The quantitative estimate of drug-likeness (QED) is 0.821. The van der Waals surface area contributed by atoms with Crippen LogP contribution >= 0.6 is 0 Å². The molecular weight excluding hydrogens is 198 g/mol. The molecule has 1 aliphatic rings. The molecule has 2 nitrogen and oxygen atoms in total. The highest BCUT2D eigenvalue weighted by molar-refractivity contribution is 5.93. The van der Waals surface area contributed by atoms with Crippen LogP contribution in [-0.4, -0.2) is 5.91 Å². The Labute approximate surface area is 97.1 Å². The third-order valence-corrected chi connectivity index (χ3v) is 3.31. The van der Waals surface area contributed by atoms with Gasteiger partial charge in [0.25, 0.3) is 0 Å². The minimum absolute atomic E-state index is 0.177. The largest absolute Gasteiger partial charge is 0.326 e. The van der Waals surface area contributed by atoms with Crippen LogP contribution in [0.5, 0.6) is 0 Å². The Bertz CT molecular complexity index is 365. The molecule has 0 heterocycles. The van der Waals surface area contributed by atoms with Crippen molar-refractivity contribution in [1.29, 1.82) is 0 Å². The van der Waals surface area contributed by atoms with Gasteiger partial charge < -0.3 is 5.32 Å². The fraction of sp³-hybridized carbons (Fsp3) is 0.500. The Morgan fingerprint density at radius 3 is 2.50 bits per heavy atom. The van der Waals surface area contributed by atoms with Gasteiger partial charge >= 0.3 is 0 Å². The van der Waals surface area contributed by atoms with Crippen molar-refractivity contribution in [3.8, 4) is 0 Å². The Morgan fingerprint density at radius 2 is 2.00 bits per heavy atom. The monoisotopic (exact) mass is 217 g/mol. The summed E-state index contributed by atoms with van der Waals surface area (Å²) in [7, 11) is 0. The second-order valence-electron chi connectivity index (χ2n) is 4.69. The van der Waals surface area contributed by atoms with Crippen LogP contribution in [0.3, 0.4) is 0 Å². The van der Waals surface area contributed by atoms with Crippen LogP contribution in [-0.2, 0) is 4.79 Å². The molecule has 2 rings (SSSR count). The van der Waals surface area contributed by atoms with Gasteiger partial charge in [0.2, 0.25) is 5.91 Å². The Morgan fingerprint density at radius 1 is 1.38 bits per heavy atom. The summed E-state index contributed by atoms with van der Waals surface area (Å²) < 4.78 is 0. The second-order valence-corrected chi connectivity index (χ2v) is 4.69. The minimum Gasteiger partial charge on any atom is -0.326 e. The first-order valence-corrected chi connectivity index (χ1v) is 6.11. The number of amides is 1. The van der Waals surface area contributed by atoms with Crippen molar-refractivity contribution in [2.45, 2.75) is 39.0 Å². The van der Waals surface area contributed by atoms with Crippen LogP contribution in [0, 0.1) is 5.92 Å². The molecular formula is C14H19NO. The minimum atomic E-state index is 0.177. The number of carbonyl (C=O) groups excluding carboxylic acids is 1. The maximum Gasteiger partial charge on any atom is 0.227 e. The van der Waals surface area contributed by atoms with Crippen molar-refractivity contribution in [1.82, 2.24) is 0 Å². The van der Waals surface area contributed by atoms with Crippen molar-refractivity contribution in [2.75, 3.05) is 5.32 Å². The lowest BCUT2D eigenvalue weighted by atomic mass is 9.99. The molecule has 1 amide bonds. The van der Waals surface area contributed by atoms with Crippen molar-refractivity contribution in [3.05, 3.63) is 29.8 Å². The van der Waals surface area contributed by atoms with Crippen LogP contribution < -0.4 is 5.32 Å². The van der Waals surface area contributed by atoms with Crippen LogP contribution in [0.25, 0.3) is 0 Å². The number of hydrogen-bond donors (Lipinski definition) is 1.